The van der Waals surface area contributed by atoms with Crippen LogP contribution in [-0.2, 0) is 0 Å². The van der Waals surface area contributed by atoms with Gasteiger partial charge in [0.1, 0.15) is 23.1 Å². The molecule has 0 bridgehead atoms. The molecule has 0 saturated carbocycles. The summed E-state index contributed by atoms with van der Waals surface area (Å²) in [5.41, 5.74) is 1.14. The first-order valence-corrected chi connectivity index (χ1v) is 10.2. The third-order valence-corrected chi connectivity index (χ3v) is 5.32. The maximum atomic E-state index is 14.4. The van der Waals surface area contributed by atoms with E-state index in [1.165, 1.54) is 43.6 Å². The second kappa shape index (κ2) is 9.27. The summed E-state index contributed by atoms with van der Waals surface area (Å²) in [6.45, 7) is 4.35. The molecule has 2 heterocycles. The predicted molar refractivity (Wildman–Crippen MR) is 118 cm³/mol. The van der Waals surface area contributed by atoms with Crippen LogP contribution in [-0.4, -0.2) is 48.7 Å². The van der Waals surface area contributed by atoms with Gasteiger partial charge in [-0.1, -0.05) is 6.07 Å². The molecule has 7 nitrogen and oxygen atoms in total. The average molecular weight is 439 g/mol. The van der Waals surface area contributed by atoms with Gasteiger partial charge in [0, 0.05) is 31.9 Å². The molecule has 1 saturated heterocycles. The van der Waals surface area contributed by atoms with Gasteiger partial charge in [-0.3, -0.25) is 4.79 Å². The van der Waals surface area contributed by atoms with E-state index in [2.05, 4.69) is 32.4 Å². The summed E-state index contributed by atoms with van der Waals surface area (Å²) in [5.74, 6) is -1.32. The number of piperazine rings is 1. The van der Waals surface area contributed by atoms with Crippen molar-refractivity contribution in [2.45, 2.75) is 13.0 Å². The summed E-state index contributed by atoms with van der Waals surface area (Å²) in [7, 11) is 1.41. The van der Waals surface area contributed by atoms with Crippen LogP contribution in [0.3, 0.4) is 0 Å². The molecule has 1 atom stereocenters. The summed E-state index contributed by atoms with van der Waals surface area (Å²) in [4.78, 5) is 23.4. The minimum absolute atomic E-state index is 0.0165. The zero-order chi connectivity index (χ0) is 22.7. The van der Waals surface area contributed by atoms with Crippen LogP contribution in [0.25, 0.3) is 11.4 Å². The molecule has 0 aliphatic carbocycles. The molecule has 9 heteroatoms. The van der Waals surface area contributed by atoms with Crippen LogP contribution in [0.2, 0.25) is 0 Å². The van der Waals surface area contributed by atoms with E-state index in [1.54, 1.807) is 12.1 Å². The molecule has 4 rings (SSSR count). The second-order valence-electron chi connectivity index (χ2n) is 7.44. The van der Waals surface area contributed by atoms with E-state index in [4.69, 9.17) is 4.74 Å². The highest BCUT2D eigenvalue weighted by Gasteiger charge is 2.23. The van der Waals surface area contributed by atoms with E-state index in [1.807, 2.05) is 0 Å². The van der Waals surface area contributed by atoms with Crippen molar-refractivity contribution in [3.05, 3.63) is 66.0 Å². The lowest BCUT2D eigenvalue weighted by Gasteiger charge is -2.37. The number of carbonyl (C=O) groups is 1. The molecule has 3 aromatic rings. The van der Waals surface area contributed by atoms with Gasteiger partial charge in [0.15, 0.2) is 5.82 Å². The predicted octanol–water partition coefficient (Wildman–Crippen LogP) is 3.48. The van der Waals surface area contributed by atoms with Crippen molar-refractivity contribution >= 4 is 17.3 Å². The van der Waals surface area contributed by atoms with Gasteiger partial charge in [-0.15, -0.1) is 0 Å². The maximum Gasteiger partial charge on any atom is 0.274 e. The zero-order valence-electron chi connectivity index (χ0n) is 17.7. The molecule has 2 N–H and O–H groups in total. The van der Waals surface area contributed by atoms with Crippen LogP contribution in [0, 0.1) is 11.6 Å². The summed E-state index contributed by atoms with van der Waals surface area (Å²) in [6, 6.07) is 10.3. The van der Waals surface area contributed by atoms with Crippen molar-refractivity contribution in [1.82, 2.24) is 15.3 Å². The standard InChI is InChI=1S/C23H23F2N5O2/c1-14-13-26-10-11-30(14)19-7-6-15(24)12-18(19)29-23(31)17-8-9-27-22(28-17)21-16(25)4-3-5-20(21)32-2/h3-9,12,14,26H,10-11,13H2,1-2H3,(H,29,31)/t14-/m1/s1. The fraction of sp³-hybridized carbons (Fsp3) is 0.261. The van der Waals surface area contributed by atoms with Crippen molar-refractivity contribution in [1.29, 1.82) is 0 Å². The minimum Gasteiger partial charge on any atom is -0.496 e. The smallest absolute Gasteiger partial charge is 0.274 e. The van der Waals surface area contributed by atoms with Gasteiger partial charge < -0.3 is 20.3 Å². The Balaban J connectivity index is 1.65. The minimum atomic E-state index is -0.568. The summed E-state index contributed by atoms with van der Waals surface area (Å²) < 4.78 is 33.7. The van der Waals surface area contributed by atoms with Crippen molar-refractivity contribution in [2.75, 3.05) is 37.0 Å². The number of rotatable bonds is 5. The molecular weight excluding hydrogens is 416 g/mol. The van der Waals surface area contributed by atoms with E-state index >= 15 is 0 Å². The molecular formula is C23H23F2N5O2. The van der Waals surface area contributed by atoms with Gasteiger partial charge in [0.25, 0.3) is 5.91 Å². The number of carbonyl (C=O) groups excluding carboxylic acids is 1. The number of hydrogen-bond acceptors (Lipinski definition) is 6. The fourth-order valence-electron chi connectivity index (χ4n) is 3.74. The maximum absolute atomic E-state index is 14.4. The van der Waals surface area contributed by atoms with Gasteiger partial charge in [-0.25, -0.2) is 18.7 Å². The first-order valence-electron chi connectivity index (χ1n) is 10.2. The first-order chi connectivity index (χ1) is 15.5. The second-order valence-corrected chi connectivity index (χ2v) is 7.44. The van der Waals surface area contributed by atoms with Gasteiger partial charge in [0.2, 0.25) is 0 Å². The van der Waals surface area contributed by atoms with Crippen LogP contribution >= 0.6 is 0 Å². The Bertz CT molecular complexity index is 1140. The Morgan fingerprint density at radius 1 is 1.25 bits per heavy atom. The monoisotopic (exact) mass is 439 g/mol. The molecule has 32 heavy (non-hydrogen) atoms. The summed E-state index contributed by atoms with van der Waals surface area (Å²) in [5, 5.41) is 6.06. The van der Waals surface area contributed by atoms with Crippen molar-refractivity contribution < 1.29 is 18.3 Å². The Morgan fingerprint density at radius 3 is 2.88 bits per heavy atom. The van der Waals surface area contributed by atoms with Crippen LogP contribution in [0.15, 0.2) is 48.7 Å². The third-order valence-electron chi connectivity index (χ3n) is 5.32. The number of nitrogens with zero attached hydrogens (tertiary/aromatic N) is 3. The number of nitrogens with one attached hydrogen (secondary N) is 2. The SMILES string of the molecule is COc1cccc(F)c1-c1nccc(C(=O)Nc2cc(F)ccc2N2CCNC[C@H]2C)n1. The number of ether oxygens (including phenoxy) is 1. The molecule has 1 aliphatic rings. The third kappa shape index (κ3) is 4.38. The van der Waals surface area contributed by atoms with Crippen LogP contribution in [0.1, 0.15) is 17.4 Å². The molecule has 166 valence electrons. The number of anilines is 2. The average Bonchev–Trinajstić information content (AvgIpc) is 2.79. The molecule has 1 fully saturated rings. The highest BCUT2D eigenvalue weighted by molar-refractivity contribution is 6.05. The van der Waals surface area contributed by atoms with Gasteiger partial charge in [-0.2, -0.15) is 0 Å². The zero-order valence-corrected chi connectivity index (χ0v) is 17.7. The van der Waals surface area contributed by atoms with E-state index < -0.39 is 17.5 Å². The van der Waals surface area contributed by atoms with Gasteiger partial charge in [0.05, 0.1) is 24.0 Å². The lowest BCUT2D eigenvalue weighted by molar-refractivity contribution is 0.102. The molecule has 2 aromatic carbocycles. The number of aromatic nitrogens is 2. The largest absolute Gasteiger partial charge is 0.496 e. The summed E-state index contributed by atoms with van der Waals surface area (Å²) in [6.07, 6.45) is 1.37. The topological polar surface area (TPSA) is 79.4 Å². The number of benzene rings is 2. The fourth-order valence-corrected chi connectivity index (χ4v) is 3.74. The van der Waals surface area contributed by atoms with Gasteiger partial charge >= 0.3 is 0 Å². The van der Waals surface area contributed by atoms with Crippen molar-refractivity contribution in [2.24, 2.45) is 0 Å². The lowest BCUT2D eigenvalue weighted by atomic mass is 10.1. The number of methoxy groups -OCH3 is 1. The number of halogens is 2. The Kier molecular flexibility index (Phi) is 6.27. The summed E-state index contributed by atoms with van der Waals surface area (Å²) >= 11 is 0. The van der Waals surface area contributed by atoms with E-state index in [0.29, 0.717) is 5.69 Å². The number of hydrogen-bond donors (Lipinski definition) is 2. The van der Waals surface area contributed by atoms with Crippen LogP contribution < -0.4 is 20.3 Å². The number of amides is 1. The van der Waals surface area contributed by atoms with E-state index in [0.717, 1.165) is 25.3 Å². The highest BCUT2D eigenvalue weighted by atomic mass is 19.1. The van der Waals surface area contributed by atoms with Crippen LogP contribution in [0.5, 0.6) is 5.75 Å². The normalized spacial score (nSPS) is 16.0. The Labute approximate surface area is 184 Å². The molecule has 1 aliphatic heterocycles. The lowest BCUT2D eigenvalue weighted by Crippen LogP contribution is -2.50. The van der Waals surface area contributed by atoms with Crippen LogP contribution in [0.4, 0.5) is 20.2 Å². The molecule has 0 unspecified atom stereocenters. The Hall–Kier alpha value is -3.59. The van der Waals surface area contributed by atoms with E-state index in [-0.39, 0.29) is 28.9 Å². The molecule has 0 radical (unpaired) electrons. The van der Waals surface area contributed by atoms with Crippen molar-refractivity contribution in [3.63, 3.8) is 0 Å². The van der Waals surface area contributed by atoms with Gasteiger partial charge in [-0.05, 0) is 43.3 Å². The Morgan fingerprint density at radius 2 is 2.09 bits per heavy atom. The molecule has 1 aromatic heterocycles. The first kappa shape index (κ1) is 21.6. The molecule has 1 amide bonds. The van der Waals surface area contributed by atoms with E-state index in [9.17, 15) is 13.6 Å². The van der Waals surface area contributed by atoms with Crippen molar-refractivity contribution in [3.8, 4) is 17.1 Å². The molecule has 0 spiro atoms. The quantitative estimate of drug-likeness (QED) is 0.634. The highest BCUT2D eigenvalue weighted by Crippen LogP contribution is 2.31.